The molecule has 4 rings (SSSR count). The molecule has 3 aromatic rings. The number of carbonyl (C=O) groups is 2. The van der Waals surface area contributed by atoms with E-state index in [1.165, 1.54) is 18.7 Å². The fourth-order valence-corrected chi connectivity index (χ4v) is 3.65. The summed E-state index contributed by atoms with van der Waals surface area (Å²) in [7, 11) is 0. The maximum atomic E-state index is 12.4. The molecule has 2 heterocycles. The van der Waals surface area contributed by atoms with Crippen LogP contribution in [0.25, 0.3) is 0 Å². The molecule has 1 aromatic carbocycles. The molecule has 28 heavy (non-hydrogen) atoms. The van der Waals surface area contributed by atoms with E-state index in [4.69, 9.17) is 4.42 Å². The second kappa shape index (κ2) is 8.02. The topological polar surface area (TPSA) is 90.0 Å². The highest BCUT2D eigenvalue weighted by Gasteiger charge is 2.30. The van der Waals surface area contributed by atoms with Crippen molar-refractivity contribution in [3.63, 3.8) is 0 Å². The lowest BCUT2D eigenvalue weighted by Crippen LogP contribution is -2.15. The normalized spacial score (nSPS) is 13.5. The van der Waals surface area contributed by atoms with Gasteiger partial charge in [-0.25, -0.2) is 0 Å². The number of nitrogens with one attached hydrogen (secondary N) is 1. The molecule has 144 valence electrons. The Morgan fingerprint density at radius 2 is 2.11 bits per heavy atom. The van der Waals surface area contributed by atoms with Gasteiger partial charge in [-0.3, -0.25) is 14.2 Å². The van der Waals surface area contributed by atoms with Crippen LogP contribution in [-0.4, -0.2) is 32.2 Å². The summed E-state index contributed by atoms with van der Waals surface area (Å²) < 4.78 is 7.49. The molecule has 1 aliphatic rings. The number of benzene rings is 1. The van der Waals surface area contributed by atoms with Crippen LogP contribution in [0.4, 0.5) is 5.69 Å². The molecule has 7 nitrogen and oxygen atoms in total. The molecule has 1 aliphatic carbocycles. The number of anilines is 1. The van der Waals surface area contributed by atoms with Crippen LogP contribution >= 0.6 is 11.8 Å². The number of ketones is 1. The molecular formula is C20H20N4O3S. The number of furan rings is 1. The van der Waals surface area contributed by atoms with E-state index in [0.29, 0.717) is 28.9 Å². The summed E-state index contributed by atoms with van der Waals surface area (Å²) in [6.45, 7) is 2.05. The maximum Gasteiger partial charge on any atom is 0.234 e. The highest BCUT2D eigenvalue weighted by molar-refractivity contribution is 7.99. The van der Waals surface area contributed by atoms with Gasteiger partial charge in [0.15, 0.2) is 10.9 Å². The van der Waals surface area contributed by atoms with E-state index in [2.05, 4.69) is 15.5 Å². The van der Waals surface area contributed by atoms with Crippen LogP contribution in [0.5, 0.6) is 0 Å². The first-order valence-electron chi connectivity index (χ1n) is 9.09. The third-order valence-electron chi connectivity index (χ3n) is 4.47. The van der Waals surface area contributed by atoms with Gasteiger partial charge in [0, 0.05) is 17.2 Å². The zero-order valence-corrected chi connectivity index (χ0v) is 16.2. The van der Waals surface area contributed by atoms with E-state index in [-0.39, 0.29) is 17.4 Å². The third-order valence-corrected chi connectivity index (χ3v) is 5.43. The molecule has 0 bridgehead atoms. The Hall–Kier alpha value is -2.87. The van der Waals surface area contributed by atoms with Crippen molar-refractivity contribution in [2.45, 2.75) is 37.4 Å². The van der Waals surface area contributed by atoms with Gasteiger partial charge in [0.25, 0.3) is 0 Å². The van der Waals surface area contributed by atoms with Crippen molar-refractivity contribution in [3.05, 3.63) is 59.8 Å². The molecule has 0 aliphatic heterocycles. The van der Waals surface area contributed by atoms with Crippen molar-refractivity contribution in [1.29, 1.82) is 0 Å². The van der Waals surface area contributed by atoms with E-state index < -0.39 is 0 Å². The number of nitrogens with zero attached hydrogens (tertiary/aromatic N) is 3. The second-order valence-corrected chi connectivity index (χ2v) is 7.70. The lowest BCUT2D eigenvalue weighted by Gasteiger charge is -2.09. The first-order chi connectivity index (χ1) is 13.6. The first-order valence-corrected chi connectivity index (χ1v) is 10.1. The van der Waals surface area contributed by atoms with Crippen molar-refractivity contribution < 1.29 is 14.0 Å². The molecule has 0 radical (unpaired) electrons. The molecule has 0 unspecified atom stereocenters. The van der Waals surface area contributed by atoms with Gasteiger partial charge in [-0.1, -0.05) is 23.9 Å². The largest absolute Gasteiger partial charge is 0.467 e. The number of carbonyl (C=O) groups excluding carboxylic acids is 2. The Kier molecular flexibility index (Phi) is 5.29. The van der Waals surface area contributed by atoms with Crippen LogP contribution in [0.15, 0.2) is 52.2 Å². The van der Waals surface area contributed by atoms with Gasteiger partial charge in [0.05, 0.1) is 18.6 Å². The van der Waals surface area contributed by atoms with Crippen LogP contribution in [0.1, 0.15) is 47.6 Å². The zero-order valence-electron chi connectivity index (χ0n) is 15.4. The molecule has 1 amide bonds. The third kappa shape index (κ3) is 4.33. The predicted molar refractivity (Wildman–Crippen MR) is 106 cm³/mol. The van der Waals surface area contributed by atoms with Gasteiger partial charge in [-0.2, -0.15) is 0 Å². The number of Topliss-reactive ketones (excluding diaryl/α,β-unsaturated/α-hetero) is 1. The van der Waals surface area contributed by atoms with Crippen LogP contribution in [0.2, 0.25) is 0 Å². The summed E-state index contributed by atoms with van der Waals surface area (Å²) in [5.41, 5.74) is 1.17. The molecule has 1 saturated carbocycles. The van der Waals surface area contributed by atoms with Crippen molar-refractivity contribution in [2.75, 3.05) is 11.1 Å². The summed E-state index contributed by atoms with van der Waals surface area (Å²) in [6.07, 6.45) is 3.88. The minimum Gasteiger partial charge on any atom is -0.467 e. The average molecular weight is 396 g/mol. The Morgan fingerprint density at radius 1 is 1.25 bits per heavy atom. The zero-order chi connectivity index (χ0) is 19.5. The molecule has 1 N–H and O–H groups in total. The minimum absolute atomic E-state index is 0.0379. The Labute approximate surface area is 166 Å². The predicted octanol–water partition coefficient (Wildman–Crippen LogP) is 3.73. The standard InChI is InChI=1S/C20H20N4O3S/c1-13(25)15-4-2-5-16(10-15)21-18(26)12-28-20-23-22-19(14-7-8-14)24(20)11-17-6-3-9-27-17/h2-6,9-10,14H,7-8,11-12H2,1H3,(H,21,26). The highest BCUT2D eigenvalue weighted by Crippen LogP contribution is 2.40. The number of hydrogen-bond acceptors (Lipinski definition) is 6. The first kappa shape index (κ1) is 18.5. The van der Waals surface area contributed by atoms with Crippen LogP contribution in [0, 0.1) is 0 Å². The van der Waals surface area contributed by atoms with Crippen molar-refractivity contribution in [2.24, 2.45) is 0 Å². The summed E-state index contributed by atoms with van der Waals surface area (Å²) >= 11 is 1.34. The molecular weight excluding hydrogens is 376 g/mol. The van der Waals surface area contributed by atoms with Gasteiger partial charge >= 0.3 is 0 Å². The summed E-state index contributed by atoms with van der Waals surface area (Å²) in [5, 5.41) is 12.1. The van der Waals surface area contributed by atoms with Crippen molar-refractivity contribution >= 4 is 29.1 Å². The van der Waals surface area contributed by atoms with Gasteiger partial charge in [-0.05, 0) is 44.0 Å². The van der Waals surface area contributed by atoms with Crippen LogP contribution in [-0.2, 0) is 11.3 Å². The summed E-state index contributed by atoms with van der Waals surface area (Å²) in [5.74, 6) is 2.23. The quantitative estimate of drug-likeness (QED) is 0.461. The van der Waals surface area contributed by atoms with Gasteiger partial charge in [0.1, 0.15) is 11.6 Å². The van der Waals surface area contributed by atoms with Crippen LogP contribution < -0.4 is 5.32 Å². The van der Waals surface area contributed by atoms with E-state index in [1.807, 2.05) is 16.7 Å². The Morgan fingerprint density at radius 3 is 2.82 bits per heavy atom. The van der Waals surface area contributed by atoms with Crippen molar-refractivity contribution in [1.82, 2.24) is 14.8 Å². The molecule has 0 spiro atoms. The Bertz CT molecular complexity index is 993. The smallest absolute Gasteiger partial charge is 0.234 e. The summed E-state index contributed by atoms with van der Waals surface area (Å²) in [6, 6.07) is 10.7. The molecule has 1 fully saturated rings. The summed E-state index contributed by atoms with van der Waals surface area (Å²) in [4.78, 5) is 23.8. The highest BCUT2D eigenvalue weighted by atomic mass is 32.2. The minimum atomic E-state index is -0.161. The molecule has 0 saturated heterocycles. The van der Waals surface area contributed by atoms with Crippen LogP contribution in [0.3, 0.4) is 0 Å². The van der Waals surface area contributed by atoms with Gasteiger partial charge in [0.2, 0.25) is 5.91 Å². The van der Waals surface area contributed by atoms with E-state index >= 15 is 0 Å². The lowest BCUT2D eigenvalue weighted by molar-refractivity contribution is -0.113. The number of thioether (sulfide) groups is 1. The molecule has 8 heteroatoms. The maximum absolute atomic E-state index is 12.4. The fraction of sp³-hybridized carbons (Fsp3) is 0.300. The molecule has 0 atom stereocenters. The number of amides is 1. The number of aromatic nitrogens is 3. The molecule has 2 aromatic heterocycles. The fourth-order valence-electron chi connectivity index (χ4n) is 2.90. The Balaban J connectivity index is 1.42. The monoisotopic (exact) mass is 396 g/mol. The average Bonchev–Trinajstić information content (AvgIpc) is 3.24. The van der Waals surface area contributed by atoms with Gasteiger partial charge in [-0.15, -0.1) is 10.2 Å². The second-order valence-electron chi connectivity index (χ2n) is 6.75. The number of rotatable bonds is 8. The number of hydrogen-bond donors (Lipinski definition) is 1. The lowest BCUT2D eigenvalue weighted by atomic mass is 10.1. The van der Waals surface area contributed by atoms with Gasteiger partial charge < -0.3 is 9.73 Å². The van der Waals surface area contributed by atoms with Crippen molar-refractivity contribution in [3.8, 4) is 0 Å². The van der Waals surface area contributed by atoms with E-state index in [1.54, 1.807) is 30.5 Å². The SMILES string of the molecule is CC(=O)c1cccc(NC(=O)CSc2nnc(C3CC3)n2Cc2ccco2)c1. The van der Waals surface area contributed by atoms with E-state index in [9.17, 15) is 9.59 Å². The van der Waals surface area contributed by atoms with E-state index in [0.717, 1.165) is 24.4 Å².